The maximum atomic E-state index is 12.2. The van der Waals surface area contributed by atoms with Crippen LogP contribution in [-0.4, -0.2) is 46.7 Å². The minimum Gasteiger partial charge on any atom is -0.376 e. The zero-order chi connectivity index (χ0) is 20.6. The minimum atomic E-state index is 0.0426. The molecule has 0 saturated carbocycles. The first kappa shape index (κ1) is 21.5. The van der Waals surface area contributed by atoms with Gasteiger partial charge in [-0.2, -0.15) is 4.98 Å². The molecule has 0 aliphatic carbocycles. The maximum Gasteiger partial charge on any atom is 0.226 e. The van der Waals surface area contributed by atoms with Crippen molar-refractivity contribution in [3.63, 3.8) is 0 Å². The Bertz CT molecular complexity index is 790. The van der Waals surface area contributed by atoms with Crippen LogP contribution in [0.15, 0.2) is 28.8 Å². The zero-order valence-corrected chi connectivity index (χ0v) is 17.7. The number of nitrogens with one attached hydrogen (secondary N) is 1. The molecule has 1 fully saturated rings. The summed E-state index contributed by atoms with van der Waals surface area (Å²) in [5, 5.41) is 6.95. The van der Waals surface area contributed by atoms with Gasteiger partial charge >= 0.3 is 0 Å². The average molecular weight is 401 g/mol. The molecule has 0 bridgehead atoms. The standard InChI is InChI=1S/C22H32N4O3/c1-16(2)22-24-21(29-25-22)9-5-8-20(27)23-13-18-6-4-7-19(12-18)15-26-10-11-28-17(3)14-26/h4,6-7,12,16-17H,5,8-11,13-15H2,1-3H3,(H,23,27). The van der Waals surface area contributed by atoms with E-state index in [1.54, 1.807) is 0 Å². The van der Waals surface area contributed by atoms with Crippen LogP contribution in [0.3, 0.4) is 0 Å². The average Bonchev–Trinajstić information content (AvgIpc) is 3.16. The summed E-state index contributed by atoms with van der Waals surface area (Å²) in [6, 6.07) is 8.42. The molecule has 3 rings (SSSR count). The van der Waals surface area contributed by atoms with E-state index >= 15 is 0 Å². The van der Waals surface area contributed by atoms with Crippen molar-refractivity contribution in [2.75, 3.05) is 19.7 Å². The van der Waals surface area contributed by atoms with Crippen LogP contribution < -0.4 is 5.32 Å². The smallest absolute Gasteiger partial charge is 0.226 e. The number of aryl methyl sites for hydroxylation is 1. The molecule has 1 saturated heterocycles. The number of carbonyl (C=O) groups excluding carboxylic acids is 1. The lowest BCUT2D eigenvalue weighted by Crippen LogP contribution is -2.40. The molecular weight excluding hydrogens is 368 g/mol. The quantitative estimate of drug-likeness (QED) is 0.697. The topological polar surface area (TPSA) is 80.5 Å². The molecule has 158 valence electrons. The van der Waals surface area contributed by atoms with E-state index in [0.717, 1.165) is 37.6 Å². The van der Waals surface area contributed by atoms with Gasteiger partial charge in [0.05, 0.1) is 12.7 Å². The van der Waals surface area contributed by atoms with Gasteiger partial charge in [0.25, 0.3) is 0 Å². The minimum absolute atomic E-state index is 0.0426. The first-order valence-corrected chi connectivity index (χ1v) is 10.5. The van der Waals surface area contributed by atoms with Crippen LogP contribution in [0.1, 0.15) is 62.4 Å². The van der Waals surface area contributed by atoms with Crippen molar-refractivity contribution < 1.29 is 14.1 Å². The predicted molar refractivity (Wildman–Crippen MR) is 110 cm³/mol. The number of nitrogens with zero attached hydrogens (tertiary/aromatic N) is 3. The number of benzene rings is 1. The molecule has 1 aliphatic heterocycles. The van der Waals surface area contributed by atoms with Crippen LogP contribution in [0.5, 0.6) is 0 Å². The zero-order valence-electron chi connectivity index (χ0n) is 17.7. The van der Waals surface area contributed by atoms with Gasteiger partial charge in [0, 0.05) is 44.9 Å². The number of morpholine rings is 1. The summed E-state index contributed by atoms with van der Waals surface area (Å²) < 4.78 is 10.8. The van der Waals surface area contributed by atoms with Crippen LogP contribution in [0.25, 0.3) is 0 Å². The predicted octanol–water partition coefficient (Wildman–Crippen LogP) is 3.05. The van der Waals surface area contributed by atoms with Crippen LogP contribution in [0.2, 0.25) is 0 Å². The number of hydrogen-bond donors (Lipinski definition) is 1. The third-order valence-electron chi connectivity index (χ3n) is 5.01. The van der Waals surface area contributed by atoms with E-state index in [9.17, 15) is 4.79 Å². The molecule has 2 aromatic rings. The monoisotopic (exact) mass is 400 g/mol. The van der Waals surface area contributed by atoms with Crippen LogP contribution >= 0.6 is 0 Å². The Hall–Kier alpha value is -2.25. The number of hydrogen-bond acceptors (Lipinski definition) is 6. The molecule has 1 atom stereocenters. The second-order valence-corrected chi connectivity index (χ2v) is 8.07. The fraction of sp³-hybridized carbons (Fsp3) is 0.591. The fourth-order valence-corrected chi connectivity index (χ4v) is 3.42. The number of rotatable bonds is 9. The molecule has 7 nitrogen and oxygen atoms in total. The SMILES string of the molecule is CC1CN(Cc2cccc(CNC(=O)CCCc3nc(C(C)C)no3)c2)CCO1. The molecular formula is C22H32N4O3. The van der Waals surface area contributed by atoms with E-state index in [2.05, 4.69) is 51.5 Å². The summed E-state index contributed by atoms with van der Waals surface area (Å²) in [5.74, 6) is 1.61. The molecule has 2 heterocycles. The van der Waals surface area contributed by atoms with Gasteiger partial charge in [0.2, 0.25) is 11.8 Å². The molecule has 0 spiro atoms. The van der Waals surface area contributed by atoms with Crippen molar-refractivity contribution in [3.8, 4) is 0 Å². The number of carbonyl (C=O) groups is 1. The van der Waals surface area contributed by atoms with Gasteiger partial charge in [-0.05, 0) is 24.5 Å². The lowest BCUT2D eigenvalue weighted by atomic mass is 10.1. The summed E-state index contributed by atoms with van der Waals surface area (Å²) >= 11 is 0. The van der Waals surface area contributed by atoms with Gasteiger partial charge in [-0.25, -0.2) is 0 Å². The van der Waals surface area contributed by atoms with E-state index in [4.69, 9.17) is 9.26 Å². The number of aromatic nitrogens is 2. The largest absolute Gasteiger partial charge is 0.376 e. The Balaban J connectivity index is 1.39. The number of amides is 1. The van der Waals surface area contributed by atoms with Gasteiger partial charge in [0.1, 0.15) is 0 Å². The van der Waals surface area contributed by atoms with Crippen molar-refractivity contribution in [1.82, 2.24) is 20.4 Å². The molecule has 1 amide bonds. The molecule has 1 aromatic heterocycles. The van der Waals surface area contributed by atoms with Crippen LogP contribution in [0.4, 0.5) is 0 Å². The molecule has 1 aliphatic rings. The third-order valence-corrected chi connectivity index (χ3v) is 5.01. The second kappa shape index (κ2) is 10.5. The molecule has 29 heavy (non-hydrogen) atoms. The Labute approximate surface area is 172 Å². The Morgan fingerprint density at radius 1 is 1.34 bits per heavy atom. The normalized spacial score (nSPS) is 17.6. The Kier molecular flexibility index (Phi) is 7.77. The lowest BCUT2D eigenvalue weighted by molar-refractivity contribution is -0.121. The highest BCUT2D eigenvalue weighted by Gasteiger charge is 2.16. The van der Waals surface area contributed by atoms with Gasteiger partial charge in [0.15, 0.2) is 5.82 Å². The molecule has 7 heteroatoms. The highest BCUT2D eigenvalue weighted by molar-refractivity contribution is 5.75. The van der Waals surface area contributed by atoms with Gasteiger partial charge in [-0.3, -0.25) is 9.69 Å². The van der Waals surface area contributed by atoms with Gasteiger partial charge in [-0.1, -0.05) is 43.3 Å². The van der Waals surface area contributed by atoms with E-state index in [0.29, 0.717) is 31.7 Å². The van der Waals surface area contributed by atoms with Crippen molar-refractivity contribution >= 4 is 5.91 Å². The van der Waals surface area contributed by atoms with Crippen molar-refractivity contribution in [2.24, 2.45) is 0 Å². The van der Waals surface area contributed by atoms with E-state index in [-0.39, 0.29) is 17.9 Å². The highest BCUT2D eigenvalue weighted by atomic mass is 16.5. The first-order chi connectivity index (χ1) is 14.0. The summed E-state index contributed by atoms with van der Waals surface area (Å²) in [5.41, 5.74) is 2.39. The maximum absolute atomic E-state index is 12.2. The van der Waals surface area contributed by atoms with Crippen molar-refractivity contribution in [1.29, 1.82) is 0 Å². The third kappa shape index (κ3) is 6.94. The molecule has 0 radical (unpaired) electrons. The summed E-state index contributed by atoms with van der Waals surface area (Å²) in [6.07, 6.45) is 2.06. The Morgan fingerprint density at radius 3 is 2.93 bits per heavy atom. The van der Waals surface area contributed by atoms with Crippen LogP contribution in [-0.2, 0) is 29.0 Å². The second-order valence-electron chi connectivity index (χ2n) is 8.07. The Morgan fingerprint density at radius 2 is 2.17 bits per heavy atom. The van der Waals surface area contributed by atoms with Crippen molar-refractivity contribution in [3.05, 3.63) is 47.1 Å². The van der Waals surface area contributed by atoms with E-state index in [1.165, 1.54) is 5.56 Å². The fourth-order valence-electron chi connectivity index (χ4n) is 3.42. The summed E-state index contributed by atoms with van der Waals surface area (Å²) in [6.45, 7) is 10.3. The first-order valence-electron chi connectivity index (χ1n) is 10.5. The van der Waals surface area contributed by atoms with Crippen LogP contribution in [0, 0.1) is 0 Å². The lowest BCUT2D eigenvalue weighted by Gasteiger charge is -2.31. The summed E-state index contributed by atoms with van der Waals surface area (Å²) in [7, 11) is 0. The molecule has 1 unspecified atom stereocenters. The summed E-state index contributed by atoms with van der Waals surface area (Å²) in [4.78, 5) is 18.9. The molecule has 1 aromatic carbocycles. The van der Waals surface area contributed by atoms with Gasteiger partial charge in [-0.15, -0.1) is 0 Å². The highest BCUT2D eigenvalue weighted by Crippen LogP contribution is 2.13. The van der Waals surface area contributed by atoms with E-state index < -0.39 is 0 Å². The van der Waals surface area contributed by atoms with Crippen molar-refractivity contribution in [2.45, 2.75) is 65.1 Å². The molecule has 1 N–H and O–H groups in total. The van der Waals surface area contributed by atoms with E-state index in [1.807, 2.05) is 13.8 Å². The van der Waals surface area contributed by atoms with Gasteiger partial charge < -0.3 is 14.6 Å². The number of ether oxygens (including phenoxy) is 1.